The van der Waals surface area contributed by atoms with E-state index in [2.05, 4.69) is 4.98 Å². The van der Waals surface area contributed by atoms with E-state index in [9.17, 15) is 19.5 Å². The first-order valence-electron chi connectivity index (χ1n) is 9.82. The summed E-state index contributed by atoms with van der Waals surface area (Å²) in [4.78, 5) is 43.1. The van der Waals surface area contributed by atoms with Crippen molar-refractivity contribution in [2.45, 2.75) is 26.8 Å². The molecule has 10 heteroatoms. The zero-order valence-corrected chi connectivity index (χ0v) is 21.9. The van der Waals surface area contributed by atoms with Crippen LogP contribution in [0.4, 0.5) is 0 Å². The van der Waals surface area contributed by atoms with Crippen LogP contribution in [-0.4, -0.2) is 28.2 Å². The molecule has 0 unspecified atom stereocenters. The van der Waals surface area contributed by atoms with Gasteiger partial charge in [-0.3, -0.25) is 23.3 Å². The molecule has 3 aromatic heterocycles. The van der Waals surface area contributed by atoms with Gasteiger partial charge in [-0.15, -0.1) is 0 Å². The quantitative estimate of drug-likeness (QED) is 0.292. The summed E-state index contributed by atoms with van der Waals surface area (Å²) in [6, 6.07) is 9.41. The predicted molar refractivity (Wildman–Crippen MR) is 119 cm³/mol. The van der Waals surface area contributed by atoms with Crippen molar-refractivity contribution in [2.75, 3.05) is 0 Å². The molecule has 0 aliphatic carbocycles. The summed E-state index contributed by atoms with van der Waals surface area (Å²) in [7, 11) is 2.85. The van der Waals surface area contributed by atoms with Crippen molar-refractivity contribution in [1.29, 1.82) is 0 Å². The SMILES string of the molecule is CC(C)=CCc1c(O)n(Cc2ccccc2)c2nc3c(c(=O)n(C)c(=O)n3C)n2c1=O.[H-].[K+]. The van der Waals surface area contributed by atoms with E-state index in [0.29, 0.717) is 0 Å². The Balaban J connectivity index is 0.00000193. The molecular formula is C22H24KN5O4. The maximum absolute atomic E-state index is 13.4. The van der Waals surface area contributed by atoms with Crippen molar-refractivity contribution in [3.05, 3.63) is 84.3 Å². The molecule has 32 heavy (non-hydrogen) atoms. The van der Waals surface area contributed by atoms with E-state index in [1.807, 2.05) is 50.3 Å². The van der Waals surface area contributed by atoms with Crippen LogP contribution in [-0.2, 0) is 27.1 Å². The van der Waals surface area contributed by atoms with Crippen molar-refractivity contribution in [2.24, 2.45) is 14.1 Å². The topological polar surface area (TPSA) is 104 Å². The third kappa shape index (κ3) is 3.97. The second-order valence-electron chi connectivity index (χ2n) is 7.79. The molecule has 0 saturated carbocycles. The van der Waals surface area contributed by atoms with Gasteiger partial charge >= 0.3 is 57.1 Å². The maximum Gasteiger partial charge on any atom is 1.00 e. The normalized spacial score (nSPS) is 11.0. The number of hydrogen-bond acceptors (Lipinski definition) is 5. The van der Waals surface area contributed by atoms with Gasteiger partial charge in [0.1, 0.15) is 0 Å². The second-order valence-corrected chi connectivity index (χ2v) is 7.79. The smallest absolute Gasteiger partial charge is 1.00 e. The van der Waals surface area contributed by atoms with Gasteiger partial charge in [-0.05, 0) is 19.4 Å². The predicted octanol–water partition coefficient (Wildman–Crippen LogP) is -1.57. The van der Waals surface area contributed by atoms with E-state index in [4.69, 9.17) is 0 Å². The third-order valence-electron chi connectivity index (χ3n) is 5.37. The Morgan fingerprint density at radius 3 is 2.34 bits per heavy atom. The number of nitrogens with zero attached hydrogens (tertiary/aromatic N) is 5. The molecule has 0 fully saturated rings. The fraction of sp³-hybridized carbons (Fsp3) is 0.273. The number of rotatable bonds is 4. The van der Waals surface area contributed by atoms with Crippen molar-refractivity contribution in [1.82, 2.24) is 23.1 Å². The first-order chi connectivity index (χ1) is 14.7. The summed E-state index contributed by atoms with van der Waals surface area (Å²) in [5, 5.41) is 11.0. The van der Waals surface area contributed by atoms with E-state index in [-0.39, 0.29) is 94.2 Å². The Labute approximate surface area is 227 Å². The van der Waals surface area contributed by atoms with Gasteiger partial charge in [-0.2, -0.15) is 4.98 Å². The summed E-state index contributed by atoms with van der Waals surface area (Å²) >= 11 is 0. The number of aromatic hydroxyl groups is 1. The largest absolute Gasteiger partial charge is 1.00 e. The Morgan fingerprint density at radius 1 is 1.06 bits per heavy atom. The third-order valence-corrected chi connectivity index (χ3v) is 5.37. The number of aromatic nitrogens is 5. The number of fused-ring (bicyclic) bond motifs is 3. The maximum atomic E-state index is 13.4. The fourth-order valence-electron chi connectivity index (χ4n) is 3.64. The van der Waals surface area contributed by atoms with E-state index < -0.39 is 16.8 Å². The van der Waals surface area contributed by atoms with Crippen LogP contribution in [0.1, 0.15) is 26.4 Å². The summed E-state index contributed by atoms with van der Waals surface area (Å²) < 4.78 is 4.87. The van der Waals surface area contributed by atoms with Gasteiger partial charge in [-0.25, -0.2) is 9.20 Å². The molecule has 0 radical (unpaired) electrons. The van der Waals surface area contributed by atoms with Crippen molar-refractivity contribution in [3.63, 3.8) is 0 Å². The fourth-order valence-corrected chi connectivity index (χ4v) is 3.64. The van der Waals surface area contributed by atoms with E-state index in [1.165, 1.54) is 27.6 Å². The molecule has 4 aromatic rings. The average molecular weight is 462 g/mol. The summed E-state index contributed by atoms with van der Waals surface area (Å²) in [6.45, 7) is 4.03. The van der Waals surface area contributed by atoms with Crippen LogP contribution >= 0.6 is 0 Å². The van der Waals surface area contributed by atoms with Crippen LogP contribution < -0.4 is 68.2 Å². The monoisotopic (exact) mass is 461 g/mol. The zero-order chi connectivity index (χ0) is 22.4. The number of imidazole rings is 1. The molecule has 0 atom stereocenters. The van der Waals surface area contributed by atoms with Gasteiger partial charge in [0.2, 0.25) is 11.7 Å². The Morgan fingerprint density at radius 2 is 1.72 bits per heavy atom. The molecule has 9 nitrogen and oxygen atoms in total. The van der Waals surface area contributed by atoms with Crippen LogP contribution in [0.15, 0.2) is 56.4 Å². The Bertz CT molecular complexity index is 1540. The molecule has 1 aromatic carbocycles. The Hall–Kier alpha value is -2.24. The van der Waals surface area contributed by atoms with Gasteiger partial charge in [0.15, 0.2) is 11.2 Å². The molecule has 4 rings (SSSR count). The van der Waals surface area contributed by atoms with Gasteiger partial charge in [-0.1, -0.05) is 42.0 Å². The second kappa shape index (κ2) is 9.32. The molecule has 0 aliphatic heterocycles. The first kappa shape index (κ1) is 24.4. The van der Waals surface area contributed by atoms with E-state index in [0.717, 1.165) is 15.7 Å². The van der Waals surface area contributed by atoms with Crippen LogP contribution in [0.5, 0.6) is 5.88 Å². The van der Waals surface area contributed by atoms with Gasteiger partial charge in [0, 0.05) is 20.5 Å². The van der Waals surface area contributed by atoms with Crippen LogP contribution in [0.2, 0.25) is 0 Å². The minimum absolute atomic E-state index is 0. The van der Waals surface area contributed by atoms with Crippen LogP contribution in [0, 0.1) is 0 Å². The average Bonchev–Trinajstić information content (AvgIpc) is 3.15. The minimum Gasteiger partial charge on any atom is -1.00 e. The van der Waals surface area contributed by atoms with Gasteiger partial charge in [0.05, 0.1) is 12.1 Å². The standard InChI is InChI=1S/C22H23N5O4.K.H/c1-13(2)10-11-15-18(28)26(12-14-8-6-5-7-9-14)21-23-17-16(27(21)19(15)29)20(30)25(4)22(31)24(17)3;;/h5-10,28H,11-12H2,1-4H3;;/q;+1;-1. The van der Waals surface area contributed by atoms with Crippen molar-refractivity contribution in [3.8, 4) is 5.88 Å². The van der Waals surface area contributed by atoms with Gasteiger partial charge in [0.25, 0.3) is 11.1 Å². The minimum atomic E-state index is -0.618. The summed E-state index contributed by atoms with van der Waals surface area (Å²) in [5.74, 6) is -0.114. The molecule has 0 bridgehead atoms. The number of hydrogen-bond donors (Lipinski definition) is 1. The van der Waals surface area contributed by atoms with E-state index >= 15 is 0 Å². The molecule has 3 heterocycles. The summed E-state index contributed by atoms with van der Waals surface area (Å²) in [6.07, 6.45) is 2.03. The zero-order valence-electron chi connectivity index (χ0n) is 19.8. The van der Waals surface area contributed by atoms with Crippen LogP contribution in [0.3, 0.4) is 0 Å². The molecule has 0 aliphatic rings. The molecular weight excluding hydrogens is 437 g/mol. The summed E-state index contributed by atoms with van der Waals surface area (Å²) in [5.41, 5.74) is 0.417. The van der Waals surface area contributed by atoms with Crippen molar-refractivity contribution >= 4 is 16.9 Å². The first-order valence-corrected chi connectivity index (χ1v) is 9.82. The molecule has 0 amide bonds. The number of allylic oxidation sites excluding steroid dienone is 2. The number of benzene rings is 1. The van der Waals surface area contributed by atoms with Gasteiger partial charge < -0.3 is 6.53 Å². The molecule has 162 valence electrons. The van der Waals surface area contributed by atoms with Crippen molar-refractivity contribution < 1.29 is 57.9 Å². The Kier molecular flexibility index (Phi) is 7.11. The number of aryl methyl sites for hydroxylation is 1. The van der Waals surface area contributed by atoms with E-state index in [1.54, 1.807) is 0 Å². The molecule has 0 saturated heterocycles. The molecule has 0 spiro atoms. The van der Waals surface area contributed by atoms with Crippen LogP contribution in [0.25, 0.3) is 16.9 Å². The molecule has 1 N–H and O–H groups in total.